The van der Waals surface area contributed by atoms with E-state index in [1.165, 1.54) is 0 Å². The van der Waals surface area contributed by atoms with Crippen LogP contribution >= 0.6 is 0 Å². The molecule has 0 radical (unpaired) electrons. The summed E-state index contributed by atoms with van der Waals surface area (Å²) in [5.41, 5.74) is 1.69. The molecule has 0 unspecified atom stereocenters. The summed E-state index contributed by atoms with van der Waals surface area (Å²) in [6, 6.07) is 19.7. The zero-order valence-electron chi connectivity index (χ0n) is 25.3. The number of carbonyl (C=O) groups is 4. The van der Waals surface area contributed by atoms with E-state index in [-0.39, 0.29) is 11.3 Å². The topological polar surface area (TPSA) is 160 Å². The fourth-order valence-electron chi connectivity index (χ4n) is 5.19. The van der Waals surface area contributed by atoms with Gasteiger partial charge in [-0.3, -0.25) is 28.5 Å². The van der Waals surface area contributed by atoms with Crippen molar-refractivity contribution in [3.05, 3.63) is 82.1 Å². The molecule has 12 heteroatoms. The number of hydrogen-bond acceptors (Lipinski definition) is 11. The van der Waals surface area contributed by atoms with E-state index in [9.17, 15) is 29.2 Å². The Kier molecular flexibility index (Phi) is 10.2. The molecular weight excluding hydrogens is 584 g/mol. The second-order valence-electron chi connectivity index (χ2n) is 10.4. The number of nitriles is 1. The number of pyridine rings is 1. The molecule has 2 heterocycles. The van der Waals surface area contributed by atoms with Gasteiger partial charge in [0.15, 0.2) is 24.5 Å². The predicted octanol–water partition coefficient (Wildman–Crippen LogP) is 3.62. The molecule has 5 atom stereocenters. The lowest BCUT2D eigenvalue weighted by Gasteiger charge is -2.45. The lowest BCUT2D eigenvalue weighted by Crippen LogP contribution is -2.61. The number of ether oxygens (including phenoxy) is 5. The van der Waals surface area contributed by atoms with Crippen LogP contribution in [-0.2, 0) is 42.9 Å². The Labute approximate surface area is 259 Å². The van der Waals surface area contributed by atoms with E-state index in [0.717, 1.165) is 37.8 Å². The third-order valence-corrected chi connectivity index (χ3v) is 7.01. The van der Waals surface area contributed by atoms with Gasteiger partial charge in [0.2, 0.25) is 0 Å². The van der Waals surface area contributed by atoms with Crippen LogP contribution in [0.25, 0.3) is 22.4 Å². The van der Waals surface area contributed by atoms with Crippen molar-refractivity contribution in [3.8, 4) is 28.5 Å². The molecule has 1 saturated heterocycles. The number of aryl methyl sites for hydroxylation is 1. The van der Waals surface area contributed by atoms with Gasteiger partial charge in [-0.25, -0.2) is 0 Å². The third-order valence-electron chi connectivity index (χ3n) is 7.01. The van der Waals surface area contributed by atoms with Crippen molar-refractivity contribution in [1.29, 1.82) is 5.26 Å². The summed E-state index contributed by atoms with van der Waals surface area (Å²) in [7, 11) is 0. The Morgan fingerprint density at radius 3 is 1.93 bits per heavy atom. The molecule has 2 aromatic carbocycles. The number of hydrogen-bond donors (Lipinski definition) is 0. The van der Waals surface area contributed by atoms with E-state index in [4.69, 9.17) is 23.7 Å². The summed E-state index contributed by atoms with van der Waals surface area (Å²) < 4.78 is 29.3. The number of benzene rings is 2. The van der Waals surface area contributed by atoms with Gasteiger partial charge in [-0.15, -0.1) is 0 Å². The molecule has 1 aliphatic rings. The normalized spacial score (nSPS) is 20.8. The van der Waals surface area contributed by atoms with Gasteiger partial charge >= 0.3 is 23.9 Å². The second kappa shape index (κ2) is 14.0. The molecule has 0 N–H and O–H groups in total. The number of nitrogens with zero attached hydrogens (tertiary/aromatic N) is 2. The van der Waals surface area contributed by atoms with Crippen molar-refractivity contribution in [2.75, 3.05) is 6.61 Å². The van der Waals surface area contributed by atoms with Crippen LogP contribution in [0, 0.1) is 18.3 Å². The molecule has 0 spiro atoms. The fourth-order valence-corrected chi connectivity index (χ4v) is 5.19. The highest BCUT2D eigenvalue weighted by atomic mass is 16.7. The van der Waals surface area contributed by atoms with Gasteiger partial charge in [-0.1, -0.05) is 60.2 Å². The smallest absolute Gasteiger partial charge is 0.303 e. The molecule has 0 saturated carbocycles. The minimum absolute atomic E-state index is 0.232. The van der Waals surface area contributed by atoms with Gasteiger partial charge in [0.25, 0.3) is 5.56 Å². The molecule has 1 fully saturated rings. The number of rotatable bonds is 8. The highest BCUT2D eigenvalue weighted by Gasteiger charge is 2.53. The molecule has 1 aromatic heterocycles. The Morgan fingerprint density at radius 2 is 1.38 bits per heavy atom. The number of carbonyl (C=O) groups excluding carboxylic acids is 4. The lowest BCUT2D eigenvalue weighted by atomic mass is 9.94. The first-order chi connectivity index (χ1) is 21.4. The first-order valence-corrected chi connectivity index (χ1v) is 14.0. The zero-order valence-corrected chi connectivity index (χ0v) is 25.3. The van der Waals surface area contributed by atoms with Gasteiger partial charge in [0.05, 0.1) is 5.69 Å². The summed E-state index contributed by atoms with van der Waals surface area (Å²) >= 11 is 0. The van der Waals surface area contributed by atoms with Crippen LogP contribution in [0.3, 0.4) is 0 Å². The Morgan fingerprint density at radius 1 is 0.800 bits per heavy atom. The van der Waals surface area contributed by atoms with Crippen molar-refractivity contribution < 1.29 is 42.9 Å². The molecular formula is C33H32N2O10. The van der Waals surface area contributed by atoms with Crippen molar-refractivity contribution in [3.63, 3.8) is 0 Å². The van der Waals surface area contributed by atoms with Gasteiger partial charge in [-0.05, 0) is 24.1 Å². The minimum atomic E-state index is -1.56. The van der Waals surface area contributed by atoms with E-state index >= 15 is 0 Å². The van der Waals surface area contributed by atoms with E-state index in [2.05, 4.69) is 0 Å². The predicted molar refractivity (Wildman–Crippen MR) is 158 cm³/mol. The highest BCUT2D eigenvalue weighted by molar-refractivity contribution is 5.76. The fraction of sp³-hybridized carbons (Fsp3) is 0.333. The number of aromatic nitrogens is 1. The van der Waals surface area contributed by atoms with Gasteiger partial charge in [-0.2, -0.15) is 5.26 Å². The monoisotopic (exact) mass is 616 g/mol. The maximum atomic E-state index is 14.4. The molecule has 3 aromatic rings. The van der Waals surface area contributed by atoms with Crippen LogP contribution in [0.2, 0.25) is 0 Å². The molecule has 234 valence electrons. The highest BCUT2D eigenvalue weighted by Crippen LogP contribution is 2.38. The van der Waals surface area contributed by atoms with E-state index in [0.29, 0.717) is 16.7 Å². The molecule has 0 aliphatic carbocycles. The van der Waals surface area contributed by atoms with Crippen LogP contribution in [0.5, 0.6) is 0 Å². The number of esters is 4. The minimum Gasteiger partial charge on any atom is -0.463 e. The summed E-state index contributed by atoms with van der Waals surface area (Å²) in [6.07, 6.45) is -7.32. The van der Waals surface area contributed by atoms with Crippen LogP contribution in [0.15, 0.2) is 65.5 Å². The molecule has 1 aliphatic heterocycles. The Bertz CT molecular complexity index is 1690. The van der Waals surface area contributed by atoms with E-state index < -0.39 is 66.7 Å². The quantitative estimate of drug-likeness (QED) is 0.269. The Balaban J connectivity index is 2.05. The molecule has 0 bridgehead atoms. The van der Waals surface area contributed by atoms with Crippen molar-refractivity contribution >= 4 is 23.9 Å². The van der Waals surface area contributed by atoms with E-state index in [1.807, 2.05) is 25.1 Å². The lowest BCUT2D eigenvalue weighted by molar-refractivity contribution is -0.268. The van der Waals surface area contributed by atoms with Crippen LogP contribution < -0.4 is 5.56 Å². The van der Waals surface area contributed by atoms with Crippen LogP contribution in [0.1, 0.15) is 45.0 Å². The molecule has 0 amide bonds. The first kappa shape index (κ1) is 32.6. The maximum absolute atomic E-state index is 14.4. The van der Waals surface area contributed by atoms with Gasteiger partial charge in [0, 0.05) is 33.3 Å². The van der Waals surface area contributed by atoms with Crippen LogP contribution in [0.4, 0.5) is 0 Å². The average molecular weight is 617 g/mol. The van der Waals surface area contributed by atoms with Crippen LogP contribution in [-0.4, -0.2) is 59.5 Å². The first-order valence-electron chi connectivity index (χ1n) is 14.0. The molecule has 45 heavy (non-hydrogen) atoms. The maximum Gasteiger partial charge on any atom is 0.303 e. The molecule has 12 nitrogen and oxygen atoms in total. The van der Waals surface area contributed by atoms with E-state index in [1.54, 1.807) is 48.5 Å². The summed E-state index contributed by atoms with van der Waals surface area (Å²) in [6.45, 7) is 5.90. The average Bonchev–Trinajstić information content (AvgIpc) is 2.98. The SMILES string of the molecule is CC(=O)OC[C@@H]1O[C@@H](n2c(-c3ccc(C)cc3)cc(-c3ccccc3)c(C#N)c2=O)[C@H](OC(C)=O)[C@H](OC(C)=O)[C@@H]1OC(C)=O. The summed E-state index contributed by atoms with van der Waals surface area (Å²) in [4.78, 5) is 63.1. The van der Waals surface area contributed by atoms with Crippen molar-refractivity contribution in [1.82, 2.24) is 4.57 Å². The largest absolute Gasteiger partial charge is 0.463 e. The van der Waals surface area contributed by atoms with Crippen molar-refractivity contribution in [2.24, 2.45) is 0 Å². The van der Waals surface area contributed by atoms with Crippen molar-refractivity contribution in [2.45, 2.75) is 65.3 Å². The standard InChI is InChI=1S/C33H32N2O10/c1-18-11-13-24(14-12-18)27-15-25(23-9-7-6-8-10-23)26(16-34)32(40)35(27)33-31(44-22(5)39)30(43-21(4)38)29(42-20(3)37)28(45-33)17-41-19(2)36/h6-15,28-31,33H,17H2,1-5H3/t28-,29+,30+,31+,33+/m0/s1. The molecule has 4 rings (SSSR count). The Hall–Kier alpha value is -5.28. The second-order valence-corrected chi connectivity index (χ2v) is 10.4. The zero-order chi connectivity index (χ0) is 32.8. The summed E-state index contributed by atoms with van der Waals surface area (Å²) in [5.74, 6) is -3.11. The summed E-state index contributed by atoms with van der Waals surface area (Å²) in [5, 5.41) is 10.2. The van der Waals surface area contributed by atoms with Gasteiger partial charge < -0.3 is 23.7 Å². The van der Waals surface area contributed by atoms with Gasteiger partial charge in [0.1, 0.15) is 24.3 Å². The third kappa shape index (κ3) is 7.45.